The first-order valence-electron chi connectivity index (χ1n) is 4.18. The van der Waals surface area contributed by atoms with Crippen LogP contribution in [0.1, 0.15) is 10.5 Å². The van der Waals surface area contributed by atoms with Crippen LogP contribution >= 0.6 is 0 Å². The average Bonchev–Trinajstić information content (AvgIpc) is 2.21. The van der Waals surface area contributed by atoms with Crippen molar-refractivity contribution in [2.45, 2.75) is 0 Å². The molecule has 0 unspecified atom stereocenters. The second-order valence-corrected chi connectivity index (χ2v) is 3.09. The summed E-state index contributed by atoms with van der Waals surface area (Å²) in [6.07, 6.45) is 0. The number of hydrogen-bond donors (Lipinski definition) is 4. The monoisotopic (exact) mass is 222 g/mol. The van der Waals surface area contributed by atoms with E-state index >= 15 is 0 Å². The largest absolute Gasteiger partial charge is 0.504 e. The molecule has 0 radical (unpaired) electrons. The van der Waals surface area contributed by atoms with Crippen LogP contribution in [0.5, 0.6) is 11.5 Å². The highest BCUT2D eigenvalue weighted by molar-refractivity contribution is 5.91. The summed E-state index contributed by atoms with van der Waals surface area (Å²) in [7, 11) is 0. The molecular formula is C9H6N2O5. The molecule has 0 saturated carbocycles. The number of H-pyrrole nitrogens is 1. The summed E-state index contributed by atoms with van der Waals surface area (Å²) in [6.45, 7) is 0. The molecule has 0 aliphatic heterocycles. The van der Waals surface area contributed by atoms with Gasteiger partial charge in [-0.05, 0) is 6.07 Å². The number of carboxylic acid groups (broad SMARTS) is 1. The van der Waals surface area contributed by atoms with E-state index in [1.807, 2.05) is 0 Å². The summed E-state index contributed by atoms with van der Waals surface area (Å²) in [5.74, 6) is -2.38. The molecule has 0 saturated heterocycles. The maximum absolute atomic E-state index is 11.6. The van der Waals surface area contributed by atoms with Crippen molar-refractivity contribution in [1.82, 2.24) is 10.2 Å². The fraction of sp³-hybridized carbons (Fsp3) is 0. The standard InChI is InChI=1S/C9H6N2O5/c12-5-1-3-4(2-6(5)13)10-11-7(8(3)14)9(15)16/h1-2,12-13H,(H,10,14)(H,15,16). The van der Waals surface area contributed by atoms with Crippen LogP contribution in [-0.2, 0) is 0 Å². The fourth-order valence-electron chi connectivity index (χ4n) is 1.30. The predicted molar refractivity (Wildman–Crippen MR) is 52.7 cm³/mol. The Morgan fingerprint density at radius 1 is 1.25 bits per heavy atom. The Hall–Kier alpha value is -2.57. The minimum Gasteiger partial charge on any atom is -0.504 e. The number of nitrogens with zero attached hydrogens (tertiary/aromatic N) is 1. The lowest BCUT2D eigenvalue weighted by molar-refractivity contribution is 0.0688. The summed E-state index contributed by atoms with van der Waals surface area (Å²) in [5.41, 5.74) is -1.35. The SMILES string of the molecule is O=C(O)c1n[nH]c2cc(O)c(O)cc2c1=O. The maximum atomic E-state index is 11.6. The van der Waals surface area contributed by atoms with Gasteiger partial charge in [-0.3, -0.25) is 9.89 Å². The van der Waals surface area contributed by atoms with E-state index in [-0.39, 0.29) is 10.9 Å². The van der Waals surface area contributed by atoms with Gasteiger partial charge in [0.2, 0.25) is 11.1 Å². The Balaban J connectivity index is 2.90. The van der Waals surface area contributed by atoms with Crippen molar-refractivity contribution in [3.63, 3.8) is 0 Å². The van der Waals surface area contributed by atoms with Gasteiger partial charge >= 0.3 is 5.97 Å². The van der Waals surface area contributed by atoms with Gasteiger partial charge in [0.1, 0.15) is 0 Å². The van der Waals surface area contributed by atoms with E-state index in [0.717, 1.165) is 12.1 Å². The quantitative estimate of drug-likeness (QED) is 0.505. The van der Waals surface area contributed by atoms with Crippen molar-refractivity contribution in [2.75, 3.05) is 0 Å². The number of phenols is 2. The summed E-state index contributed by atoms with van der Waals surface area (Å²) in [5, 5.41) is 32.6. The highest BCUT2D eigenvalue weighted by Crippen LogP contribution is 2.27. The molecule has 0 aliphatic carbocycles. The van der Waals surface area contributed by atoms with E-state index < -0.39 is 28.6 Å². The number of rotatable bonds is 1. The number of aromatic carboxylic acids is 1. The molecule has 1 aromatic carbocycles. The van der Waals surface area contributed by atoms with Crippen molar-refractivity contribution in [3.05, 3.63) is 28.0 Å². The number of aromatic amines is 1. The average molecular weight is 222 g/mol. The van der Waals surface area contributed by atoms with Gasteiger partial charge in [-0.2, -0.15) is 5.10 Å². The van der Waals surface area contributed by atoms with E-state index in [2.05, 4.69) is 10.2 Å². The number of carboxylic acids is 1. The molecule has 0 fully saturated rings. The minimum absolute atomic E-state index is 0.0531. The number of fused-ring (bicyclic) bond motifs is 1. The number of carbonyl (C=O) groups is 1. The van der Waals surface area contributed by atoms with E-state index in [1.165, 1.54) is 0 Å². The second-order valence-electron chi connectivity index (χ2n) is 3.09. The number of hydrogen-bond acceptors (Lipinski definition) is 5. The first kappa shape index (κ1) is 9.97. The lowest BCUT2D eigenvalue weighted by Gasteiger charge is -2.01. The van der Waals surface area contributed by atoms with Crippen molar-refractivity contribution in [1.29, 1.82) is 0 Å². The molecule has 82 valence electrons. The van der Waals surface area contributed by atoms with Crippen molar-refractivity contribution < 1.29 is 20.1 Å². The molecule has 1 heterocycles. The summed E-state index contributed by atoms with van der Waals surface area (Å²) in [6, 6.07) is 2.07. The molecular weight excluding hydrogens is 216 g/mol. The molecule has 0 atom stereocenters. The molecule has 0 bridgehead atoms. The topological polar surface area (TPSA) is 124 Å². The molecule has 0 aliphatic rings. The minimum atomic E-state index is -1.46. The number of nitrogens with one attached hydrogen (secondary N) is 1. The first-order valence-corrected chi connectivity index (χ1v) is 4.18. The summed E-state index contributed by atoms with van der Waals surface area (Å²) in [4.78, 5) is 22.2. The van der Waals surface area contributed by atoms with E-state index in [9.17, 15) is 19.8 Å². The van der Waals surface area contributed by atoms with Crippen molar-refractivity contribution >= 4 is 16.9 Å². The van der Waals surface area contributed by atoms with E-state index in [4.69, 9.17) is 5.11 Å². The van der Waals surface area contributed by atoms with Crippen LogP contribution < -0.4 is 5.43 Å². The van der Waals surface area contributed by atoms with Crippen LogP contribution in [-0.4, -0.2) is 31.5 Å². The molecule has 0 amide bonds. The van der Waals surface area contributed by atoms with Crippen LogP contribution in [0.15, 0.2) is 16.9 Å². The number of benzene rings is 1. The summed E-state index contributed by atoms with van der Waals surface area (Å²) >= 11 is 0. The zero-order chi connectivity index (χ0) is 11.9. The number of phenolic OH excluding ortho intramolecular Hbond substituents is 2. The molecule has 2 rings (SSSR count). The number of aromatic hydroxyl groups is 2. The van der Waals surface area contributed by atoms with Gasteiger partial charge in [0.25, 0.3) is 0 Å². The fourth-order valence-corrected chi connectivity index (χ4v) is 1.30. The first-order chi connectivity index (χ1) is 7.50. The molecule has 7 heteroatoms. The van der Waals surface area contributed by atoms with Gasteiger partial charge < -0.3 is 15.3 Å². The van der Waals surface area contributed by atoms with Gasteiger partial charge in [-0.25, -0.2) is 4.79 Å². The third-order valence-corrected chi connectivity index (χ3v) is 2.07. The predicted octanol–water partition coefficient (Wildman–Crippen LogP) is 0.0325. The molecule has 7 nitrogen and oxygen atoms in total. The molecule has 1 aromatic heterocycles. The molecule has 4 N–H and O–H groups in total. The Kier molecular flexibility index (Phi) is 2.01. The van der Waals surface area contributed by atoms with Crippen LogP contribution in [0.2, 0.25) is 0 Å². The van der Waals surface area contributed by atoms with Gasteiger partial charge in [0.15, 0.2) is 11.5 Å². The zero-order valence-electron chi connectivity index (χ0n) is 7.76. The Bertz CT molecular complexity index is 646. The zero-order valence-corrected chi connectivity index (χ0v) is 7.76. The van der Waals surface area contributed by atoms with Crippen LogP contribution in [0.4, 0.5) is 0 Å². The van der Waals surface area contributed by atoms with Crippen molar-refractivity contribution in [3.8, 4) is 11.5 Å². The van der Waals surface area contributed by atoms with Crippen LogP contribution in [0, 0.1) is 0 Å². The highest BCUT2D eigenvalue weighted by atomic mass is 16.4. The van der Waals surface area contributed by atoms with Gasteiger partial charge in [0, 0.05) is 6.07 Å². The van der Waals surface area contributed by atoms with Gasteiger partial charge in [-0.1, -0.05) is 0 Å². The summed E-state index contributed by atoms with van der Waals surface area (Å²) < 4.78 is 0. The van der Waals surface area contributed by atoms with Gasteiger partial charge in [-0.15, -0.1) is 0 Å². The maximum Gasteiger partial charge on any atom is 0.360 e. The Morgan fingerprint density at radius 2 is 1.88 bits per heavy atom. The Labute approximate surface area is 87.6 Å². The van der Waals surface area contributed by atoms with E-state index in [1.54, 1.807) is 0 Å². The Morgan fingerprint density at radius 3 is 2.50 bits per heavy atom. The second kappa shape index (κ2) is 3.23. The van der Waals surface area contributed by atoms with Crippen molar-refractivity contribution in [2.24, 2.45) is 0 Å². The molecule has 2 aromatic rings. The number of aromatic nitrogens is 2. The molecule has 16 heavy (non-hydrogen) atoms. The third-order valence-electron chi connectivity index (χ3n) is 2.07. The molecule has 0 spiro atoms. The lowest BCUT2D eigenvalue weighted by Crippen LogP contribution is -2.18. The third kappa shape index (κ3) is 1.34. The van der Waals surface area contributed by atoms with Gasteiger partial charge in [0.05, 0.1) is 10.9 Å². The van der Waals surface area contributed by atoms with E-state index in [0.29, 0.717) is 0 Å². The van der Waals surface area contributed by atoms with Crippen LogP contribution in [0.3, 0.4) is 0 Å². The highest BCUT2D eigenvalue weighted by Gasteiger charge is 2.14. The smallest absolute Gasteiger partial charge is 0.360 e. The lowest BCUT2D eigenvalue weighted by atomic mass is 10.2. The normalized spacial score (nSPS) is 10.5. The van der Waals surface area contributed by atoms with Crippen LogP contribution in [0.25, 0.3) is 10.9 Å².